The zero-order chi connectivity index (χ0) is 12.8. The average Bonchev–Trinajstić information content (AvgIpc) is 2.40. The van der Waals surface area contributed by atoms with Gasteiger partial charge in [0.25, 0.3) is 0 Å². The van der Waals surface area contributed by atoms with Crippen molar-refractivity contribution >= 4 is 17.1 Å². The number of para-hydroxylation sites is 1. The van der Waals surface area contributed by atoms with E-state index in [4.69, 9.17) is 0 Å². The first-order valence-electron chi connectivity index (χ1n) is 6.06. The fourth-order valence-electron chi connectivity index (χ4n) is 1.70. The minimum Gasteiger partial charge on any atom is -0.378 e. The van der Waals surface area contributed by atoms with Crippen LogP contribution < -0.4 is 15.5 Å². The van der Waals surface area contributed by atoms with Crippen molar-refractivity contribution < 1.29 is 0 Å². The van der Waals surface area contributed by atoms with Gasteiger partial charge in [0.1, 0.15) is 0 Å². The van der Waals surface area contributed by atoms with Crippen LogP contribution in [0.2, 0.25) is 0 Å². The van der Waals surface area contributed by atoms with Crippen LogP contribution in [-0.2, 0) is 0 Å². The molecule has 0 fully saturated rings. The summed E-state index contributed by atoms with van der Waals surface area (Å²) in [6, 6.07) is 18.5. The van der Waals surface area contributed by atoms with Crippen LogP contribution in [0.5, 0.6) is 0 Å². The van der Waals surface area contributed by atoms with E-state index in [-0.39, 0.29) is 0 Å². The van der Waals surface area contributed by atoms with Gasteiger partial charge in [-0.2, -0.15) is 0 Å². The molecule has 0 spiro atoms. The molecule has 0 amide bonds. The fraction of sp³-hybridized carbons (Fsp3) is 0.200. The van der Waals surface area contributed by atoms with E-state index in [9.17, 15) is 0 Å². The van der Waals surface area contributed by atoms with E-state index in [0.29, 0.717) is 6.67 Å². The summed E-state index contributed by atoms with van der Waals surface area (Å²) < 4.78 is 0. The summed E-state index contributed by atoms with van der Waals surface area (Å²) in [5.74, 6) is 0. The molecule has 0 bridgehead atoms. The summed E-state index contributed by atoms with van der Waals surface area (Å²) in [4.78, 5) is 2.09. The van der Waals surface area contributed by atoms with Crippen LogP contribution in [0.15, 0.2) is 54.6 Å². The Bertz CT molecular complexity index is 480. The van der Waals surface area contributed by atoms with Crippen molar-refractivity contribution in [3.8, 4) is 0 Å². The molecule has 0 saturated heterocycles. The van der Waals surface area contributed by atoms with Gasteiger partial charge in [-0.25, -0.2) is 0 Å². The third kappa shape index (κ3) is 3.42. The van der Waals surface area contributed by atoms with Crippen LogP contribution >= 0.6 is 0 Å². The Kier molecular flexibility index (Phi) is 4.07. The maximum atomic E-state index is 3.35. The highest BCUT2D eigenvalue weighted by Crippen LogP contribution is 2.17. The molecule has 0 aliphatic rings. The molecule has 0 atom stereocenters. The van der Waals surface area contributed by atoms with Crippen molar-refractivity contribution in [3.05, 3.63) is 54.6 Å². The maximum absolute atomic E-state index is 3.35. The summed E-state index contributed by atoms with van der Waals surface area (Å²) in [6.45, 7) is 0.709. The van der Waals surface area contributed by atoms with Crippen molar-refractivity contribution in [2.45, 2.75) is 0 Å². The quantitative estimate of drug-likeness (QED) is 0.787. The smallest absolute Gasteiger partial charge is 0.0849 e. The second-order valence-corrected chi connectivity index (χ2v) is 4.34. The molecule has 18 heavy (non-hydrogen) atoms. The molecule has 0 aromatic heterocycles. The van der Waals surface area contributed by atoms with Gasteiger partial charge in [0.15, 0.2) is 0 Å². The summed E-state index contributed by atoms with van der Waals surface area (Å²) in [6.07, 6.45) is 0. The zero-order valence-corrected chi connectivity index (χ0v) is 10.9. The van der Waals surface area contributed by atoms with E-state index in [0.717, 1.165) is 11.4 Å². The number of benzene rings is 2. The molecule has 0 radical (unpaired) electrons. The number of hydrogen-bond donors (Lipinski definition) is 2. The lowest BCUT2D eigenvalue weighted by molar-refractivity contribution is 1.13. The van der Waals surface area contributed by atoms with Gasteiger partial charge in [0, 0.05) is 31.2 Å². The minimum atomic E-state index is 0.709. The highest BCUT2D eigenvalue weighted by atomic mass is 15.1. The molecule has 0 saturated carbocycles. The van der Waals surface area contributed by atoms with E-state index in [2.05, 4.69) is 51.9 Å². The number of anilines is 3. The third-order valence-corrected chi connectivity index (χ3v) is 2.72. The molecule has 3 heteroatoms. The minimum absolute atomic E-state index is 0.709. The molecule has 2 aromatic rings. The summed E-state index contributed by atoms with van der Waals surface area (Å²) in [5.41, 5.74) is 3.43. The van der Waals surface area contributed by atoms with Gasteiger partial charge < -0.3 is 15.5 Å². The largest absolute Gasteiger partial charge is 0.378 e. The number of nitrogens with one attached hydrogen (secondary N) is 2. The standard InChI is InChI=1S/C15H19N3/c1-18(2)15-10-6-9-14(11-15)17-12-16-13-7-4-3-5-8-13/h3-11,16-17H,12H2,1-2H3. The molecule has 0 unspecified atom stereocenters. The monoisotopic (exact) mass is 241 g/mol. The predicted molar refractivity (Wildman–Crippen MR) is 79.3 cm³/mol. The lowest BCUT2D eigenvalue weighted by Crippen LogP contribution is -2.13. The number of rotatable bonds is 5. The van der Waals surface area contributed by atoms with E-state index >= 15 is 0 Å². The van der Waals surface area contributed by atoms with Crippen molar-refractivity contribution in [2.24, 2.45) is 0 Å². The number of nitrogens with zero attached hydrogens (tertiary/aromatic N) is 1. The Balaban J connectivity index is 1.89. The van der Waals surface area contributed by atoms with Crippen molar-refractivity contribution in [3.63, 3.8) is 0 Å². The summed E-state index contributed by atoms with van der Waals surface area (Å²) in [7, 11) is 4.09. The van der Waals surface area contributed by atoms with Crippen LogP contribution in [-0.4, -0.2) is 20.8 Å². The molecule has 2 rings (SSSR count). The van der Waals surface area contributed by atoms with Gasteiger partial charge in [0.05, 0.1) is 6.67 Å². The molecular formula is C15H19N3. The molecule has 3 nitrogen and oxygen atoms in total. The Hall–Kier alpha value is -2.16. The molecule has 0 aliphatic heterocycles. The lowest BCUT2D eigenvalue weighted by atomic mass is 10.2. The Morgan fingerprint density at radius 3 is 2.22 bits per heavy atom. The topological polar surface area (TPSA) is 27.3 Å². The number of hydrogen-bond acceptors (Lipinski definition) is 3. The van der Waals surface area contributed by atoms with E-state index in [1.165, 1.54) is 5.69 Å². The van der Waals surface area contributed by atoms with Gasteiger partial charge in [-0.3, -0.25) is 0 Å². The highest BCUT2D eigenvalue weighted by Gasteiger charge is 1.96. The Labute approximate surface area is 108 Å². The molecule has 2 N–H and O–H groups in total. The first-order valence-corrected chi connectivity index (χ1v) is 6.06. The van der Waals surface area contributed by atoms with Gasteiger partial charge in [0.2, 0.25) is 0 Å². The summed E-state index contributed by atoms with van der Waals surface area (Å²) >= 11 is 0. The van der Waals surface area contributed by atoms with E-state index in [1.54, 1.807) is 0 Å². The van der Waals surface area contributed by atoms with Crippen LogP contribution in [0, 0.1) is 0 Å². The molecule has 0 aliphatic carbocycles. The Morgan fingerprint density at radius 1 is 0.833 bits per heavy atom. The van der Waals surface area contributed by atoms with Gasteiger partial charge >= 0.3 is 0 Å². The maximum Gasteiger partial charge on any atom is 0.0849 e. The normalized spacial score (nSPS) is 9.89. The van der Waals surface area contributed by atoms with Crippen LogP contribution in [0.1, 0.15) is 0 Å². The molecule has 94 valence electrons. The SMILES string of the molecule is CN(C)c1cccc(NCNc2ccccc2)c1. The second kappa shape index (κ2) is 5.96. The Morgan fingerprint density at radius 2 is 1.50 bits per heavy atom. The van der Waals surface area contributed by atoms with Crippen LogP contribution in [0.25, 0.3) is 0 Å². The van der Waals surface area contributed by atoms with Crippen LogP contribution in [0.3, 0.4) is 0 Å². The van der Waals surface area contributed by atoms with E-state index in [1.807, 2.05) is 32.3 Å². The van der Waals surface area contributed by atoms with Crippen molar-refractivity contribution in [1.82, 2.24) is 0 Å². The molecule has 2 aromatic carbocycles. The second-order valence-electron chi connectivity index (χ2n) is 4.34. The highest BCUT2D eigenvalue weighted by molar-refractivity contribution is 5.58. The molecular weight excluding hydrogens is 222 g/mol. The van der Waals surface area contributed by atoms with Gasteiger partial charge in [-0.1, -0.05) is 24.3 Å². The predicted octanol–water partition coefficient (Wildman–Crippen LogP) is 3.23. The van der Waals surface area contributed by atoms with Gasteiger partial charge in [-0.05, 0) is 30.3 Å². The first kappa shape index (κ1) is 12.3. The van der Waals surface area contributed by atoms with Crippen LogP contribution in [0.4, 0.5) is 17.1 Å². The summed E-state index contributed by atoms with van der Waals surface area (Å²) in [5, 5.41) is 6.67. The fourth-order valence-corrected chi connectivity index (χ4v) is 1.70. The van der Waals surface area contributed by atoms with Gasteiger partial charge in [-0.15, -0.1) is 0 Å². The average molecular weight is 241 g/mol. The lowest BCUT2D eigenvalue weighted by Gasteiger charge is -2.15. The molecule has 0 heterocycles. The first-order chi connectivity index (χ1) is 8.75. The third-order valence-electron chi connectivity index (χ3n) is 2.72. The van der Waals surface area contributed by atoms with E-state index < -0.39 is 0 Å². The zero-order valence-electron chi connectivity index (χ0n) is 10.9. The van der Waals surface area contributed by atoms with Crippen molar-refractivity contribution in [1.29, 1.82) is 0 Å². The van der Waals surface area contributed by atoms with Crippen molar-refractivity contribution in [2.75, 3.05) is 36.3 Å².